The van der Waals surface area contributed by atoms with Gasteiger partial charge in [-0.3, -0.25) is 9.69 Å². The minimum Gasteiger partial charge on any atom is -0.454 e. The standard InChI is InChI=1S/C29H31ClN6O2/c30-22-5-6-25-23(18-22)28(33-24-3-1-2-4-26(24)38-25)35-13-15-36(16-14-35)29(37)21-8-11-34(12-9-21)19-20-7-10-32-27(31)17-20/h1-7,10,17-18,21H,8-9,11-16,19H2,(H2,31,32). The van der Waals surface area contributed by atoms with Gasteiger partial charge in [0.15, 0.2) is 5.75 Å². The molecule has 4 heterocycles. The third-order valence-corrected chi connectivity index (χ3v) is 7.81. The number of amides is 1. The van der Waals surface area contributed by atoms with E-state index in [0.29, 0.717) is 37.0 Å². The summed E-state index contributed by atoms with van der Waals surface area (Å²) in [6.07, 6.45) is 3.51. The van der Waals surface area contributed by atoms with Crippen molar-refractivity contribution < 1.29 is 9.53 Å². The second-order valence-corrected chi connectivity index (χ2v) is 10.5. The van der Waals surface area contributed by atoms with Gasteiger partial charge >= 0.3 is 0 Å². The highest BCUT2D eigenvalue weighted by molar-refractivity contribution is 6.31. The summed E-state index contributed by atoms with van der Waals surface area (Å²) in [5.41, 5.74) is 8.64. The maximum Gasteiger partial charge on any atom is 0.225 e. The Labute approximate surface area is 227 Å². The zero-order valence-electron chi connectivity index (χ0n) is 21.2. The maximum atomic E-state index is 13.4. The van der Waals surface area contributed by atoms with Crippen molar-refractivity contribution in [2.24, 2.45) is 10.9 Å². The molecular weight excluding hydrogens is 500 g/mol. The van der Waals surface area contributed by atoms with Crippen LogP contribution in [0.4, 0.5) is 11.5 Å². The fraction of sp³-hybridized carbons (Fsp3) is 0.345. The Balaban J connectivity index is 1.09. The number of piperidine rings is 1. The number of rotatable bonds is 3. The summed E-state index contributed by atoms with van der Waals surface area (Å²) >= 11 is 6.36. The van der Waals surface area contributed by atoms with Crippen molar-refractivity contribution in [2.45, 2.75) is 19.4 Å². The van der Waals surface area contributed by atoms with E-state index in [1.807, 2.05) is 59.5 Å². The topological polar surface area (TPSA) is 87.3 Å². The number of hydrogen-bond donors (Lipinski definition) is 1. The maximum absolute atomic E-state index is 13.4. The fourth-order valence-corrected chi connectivity index (χ4v) is 5.69. The van der Waals surface area contributed by atoms with Gasteiger partial charge in [-0.1, -0.05) is 23.7 Å². The molecular formula is C29H31ClN6O2. The van der Waals surface area contributed by atoms with E-state index in [9.17, 15) is 4.79 Å². The molecule has 0 spiro atoms. The highest BCUT2D eigenvalue weighted by Gasteiger charge is 2.32. The second-order valence-electron chi connectivity index (χ2n) is 10.1. The SMILES string of the molecule is Nc1cc(CN2CCC(C(=O)N3CCN(C4=Nc5ccccc5Oc5ccc(Cl)cc54)CC3)CC2)ccn1. The van der Waals surface area contributed by atoms with Crippen molar-refractivity contribution >= 4 is 34.8 Å². The molecule has 0 unspecified atom stereocenters. The Morgan fingerprint density at radius 2 is 1.76 bits per heavy atom. The predicted octanol–water partition coefficient (Wildman–Crippen LogP) is 4.56. The van der Waals surface area contributed by atoms with Crippen molar-refractivity contribution in [3.63, 3.8) is 0 Å². The van der Waals surface area contributed by atoms with Gasteiger partial charge in [0.25, 0.3) is 0 Å². The van der Waals surface area contributed by atoms with Crippen LogP contribution in [0, 0.1) is 5.92 Å². The number of hydrogen-bond acceptors (Lipinski definition) is 7. The minimum absolute atomic E-state index is 0.0790. The van der Waals surface area contributed by atoms with Gasteiger partial charge in [0.05, 0.1) is 5.56 Å². The minimum atomic E-state index is 0.0790. The number of nitrogen functional groups attached to an aromatic ring is 1. The molecule has 6 rings (SSSR count). The van der Waals surface area contributed by atoms with Crippen LogP contribution in [0.15, 0.2) is 65.8 Å². The van der Waals surface area contributed by atoms with Crippen LogP contribution in [-0.2, 0) is 11.3 Å². The summed E-state index contributed by atoms with van der Waals surface area (Å²) in [6, 6.07) is 17.3. The first kappa shape index (κ1) is 24.7. The Bertz CT molecular complexity index is 1360. The number of anilines is 1. The van der Waals surface area contributed by atoms with Crippen LogP contribution in [0.1, 0.15) is 24.0 Å². The number of ether oxygens (including phenoxy) is 1. The van der Waals surface area contributed by atoms with Gasteiger partial charge in [-0.2, -0.15) is 0 Å². The Morgan fingerprint density at radius 3 is 2.55 bits per heavy atom. The molecule has 2 N–H and O–H groups in total. The van der Waals surface area contributed by atoms with Gasteiger partial charge in [-0.05, 0) is 74.0 Å². The van der Waals surface area contributed by atoms with Gasteiger partial charge in [0, 0.05) is 49.9 Å². The summed E-state index contributed by atoms with van der Waals surface area (Å²) in [6.45, 7) is 5.42. The molecule has 0 bridgehead atoms. The molecule has 2 fully saturated rings. The normalized spacial score (nSPS) is 18.2. The van der Waals surface area contributed by atoms with Crippen LogP contribution in [0.5, 0.6) is 11.5 Å². The van der Waals surface area contributed by atoms with E-state index < -0.39 is 0 Å². The van der Waals surface area contributed by atoms with Gasteiger partial charge < -0.3 is 20.3 Å². The highest BCUT2D eigenvalue weighted by atomic mass is 35.5. The third kappa shape index (κ3) is 5.19. The average molecular weight is 531 g/mol. The van der Waals surface area contributed by atoms with Crippen molar-refractivity contribution in [1.29, 1.82) is 0 Å². The fourth-order valence-electron chi connectivity index (χ4n) is 5.52. The van der Waals surface area contributed by atoms with E-state index in [4.69, 9.17) is 27.1 Å². The molecule has 0 atom stereocenters. The Morgan fingerprint density at radius 1 is 0.974 bits per heavy atom. The van der Waals surface area contributed by atoms with E-state index in [2.05, 4.69) is 14.8 Å². The monoisotopic (exact) mass is 530 g/mol. The zero-order chi connectivity index (χ0) is 26.1. The molecule has 3 aliphatic heterocycles. The smallest absolute Gasteiger partial charge is 0.225 e. The molecule has 38 heavy (non-hydrogen) atoms. The first-order valence-electron chi connectivity index (χ1n) is 13.2. The lowest BCUT2D eigenvalue weighted by atomic mass is 9.94. The van der Waals surface area contributed by atoms with Crippen LogP contribution < -0.4 is 10.5 Å². The van der Waals surface area contributed by atoms with E-state index in [1.54, 1.807) is 6.20 Å². The van der Waals surface area contributed by atoms with Crippen LogP contribution >= 0.6 is 11.6 Å². The number of fused-ring (bicyclic) bond motifs is 2. The van der Waals surface area contributed by atoms with Crippen LogP contribution in [0.3, 0.4) is 0 Å². The number of nitrogens with two attached hydrogens (primary N) is 1. The van der Waals surface area contributed by atoms with Gasteiger partial charge in [0.2, 0.25) is 5.91 Å². The van der Waals surface area contributed by atoms with Crippen molar-refractivity contribution in [3.05, 3.63) is 76.9 Å². The van der Waals surface area contributed by atoms with E-state index in [1.165, 1.54) is 0 Å². The van der Waals surface area contributed by atoms with E-state index in [-0.39, 0.29) is 11.8 Å². The number of para-hydroxylation sites is 2. The molecule has 2 aromatic carbocycles. The van der Waals surface area contributed by atoms with Crippen molar-refractivity contribution in [3.8, 4) is 11.5 Å². The Hall–Kier alpha value is -3.62. The number of nitrogens with zero attached hydrogens (tertiary/aromatic N) is 5. The molecule has 0 radical (unpaired) electrons. The number of aromatic nitrogens is 1. The van der Waals surface area contributed by atoms with Crippen LogP contribution in [0.2, 0.25) is 5.02 Å². The summed E-state index contributed by atoms with van der Waals surface area (Å²) in [5.74, 6) is 3.19. The number of likely N-dealkylation sites (tertiary alicyclic amines) is 1. The molecule has 1 amide bonds. The molecule has 1 aromatic heterocycles. The lowest BCUT2D eigenvalue weighted by Crippen LogP contribution is -2.53. The van der Waals surface area contributed by atoms with E-state index in [0.717, 1.165) is 66.6 Å². The summed E-state index contributed by atoms with van der Waals surface area (Å²) in [4.78, 5) is 29.1. The van der Waals surface area contributed by atoms with E-state index >= 15 is 0 Å². The Kier molecular flexibility index (Phi) is 6.91. The second kappa shape index (κ2) is 10.6. The van der Waals surface area contributed by atoms with Crippen molar-refractivity contribution in [2.75, 3.05) is 45.0 Å². The zero-order valence-corrected chi connectivity index (χ0v) is 22.0. The first-order valence-corrected chi connectivity index (χ1v) is 13.5. The predicted molar refractivity (Wildman–Crippen MR) is 149 cm³/mol. The average Bonchev–Trinajstić information content (AvgIpc) is 3.10. The third-order valence-electron chi connectivity index (χ3n) is 7.57. The lowest BCUT2D eigenvalue weighted by Gasteiger charge is -2.39. The summed E-state index contributed by atoms with van der Waals surface area (Å²) < 4.78 is 6.19. The highest BCUT2D eigenvalue weighted by Crippen LogP contribution is 2.39. The number of amidine groups is 1. The molecule has 0 aliphatic carbocycles. The molecule has 196 valence electrons. The largest absolute Gasteiger partial charge is 0.454 e. The molecule has 8 nitrogen and oxygen atoms in total. The van der Waals surface area contributed by atoms with Crippen LogP contribution in [-0.4, -0.2) is 70.7 Å². The number of halogens is 1. The summed E-state index contributed by atoms with van der Waals surface area (Å²) in [5, 5.41) is 0.638. The summed E-state index contributed by atoms with van der Waals surface area (Å²) in [7, 11) is 0. The van der Waals surface area contributed by atoms with Gasteiger partial charge in [0.1, 0.15) is 23.1 Å². The first-order chi connectivity index (χ1) is 18.5. The van der Waals surface area contributed by atoms with Gasteiger partial charge in [-0.15, -0.1) is 0 Å². The molecule has 9 heteroatoms. The number of benzene rings is 2. The molecule has 0 saturated carbocycles. The van der Waals surface area contributed by atoms with Crippen molar-refractivity contribution in [1.82, 2.24) is 19.7 Å². The quantitative estimate of drug-likeness (QED) is 0.534. The number of carbonyl (C=O) groups excluding carboxylic acids is 1. The lowest BCUT2D eigenvalue weighted by molar-refractivity contribution is -0.138. The van der Waals surface area contributed by atoms with Crippen LogP contribution in [0.25, 0.3) is 0 Å². The number of aliphatic imine (C=N–C) groups is 1. The molecule has 2 saturated heterocycles. The number of pyridine rings is 1. The molecule has 3 aromatic rings. The van der Waals surface area contributed by atoms with Gasteiger partial charge in [-0.25, -0.2) is 9.98 Å². The number of piperazine rings is 1. The number of carbonyl (C=O) groups is 1. The molecule has 3 aliphatic rings.